The zero-order valence-electron chi connectivity index (χ0n) is 13.0. The summed E-state index contributed by atoms with van der Waals surface area (Å²) in [5.41, 5.74) is 0.937. The normalized spacial score (nSPS) is 16.0. The van der Waals surface area contributed by atoms with Crippen LogP contribution < -0.4 is 15.6 Å². The summed E-state index contributed by atoms with van der Waals surface area (Å²) in [7, 11) is 1.56. The first kappa shape index (κ1) is 16.1. The number of carbonyl (C=O) groups excluding carboxylic acids is 1. The molecule has 0 radical (unpaired) electrons. The lowest BCUT2D eigenvalue weighted by atomic mass is 9.86. The number of benzene rings is 1. The van der Waals surface area contributed by atoms with E-state index >= 15 is 0 Å². The fourth-order valence-corrected chi connectivity index (χ4v) is 3.29. The Balaban J connectivity index is 2.12. The first-order valence-electron chi connectivity index (χ1n) is 7.27. The number of methoxy groups -OCH3 is 1. The molecule has 1 aromatic heterocycles. The average Bonchev–Trinajstić information content (AvgIpc) is 2.58. The number of anilines is 1. The van der Waals surface area contributed by atoms with Crippen molar-refractivity contribution in [2.24, 2.45) is 0 Å². The van der Waals surface area contributed by atoms with Crippen LogP contribution in [0.3, 0.4) is 0 Å². The van der Waals surface area contributed by atoms with E-state index < -0.39 is 5.92 Å². The van der Waals surface area contributed by atoms with E-state index in [2.05, 4.69) is 21.2 Å². The van der Waals surface area contributed by atoms with Gasteiger partial charge in [-0.2, -0.15) is 0 Å². The minimum absolute atomic E-state index is 0.162. The van der Waals surface area contributed by atoms with Crippen LogP contribution in [-0.4, -0.2) is 28.7 Å². The minimum Gasteiger partial charge on any atom is -0.496 e. The zero-order chi connectivity index (χ0) is 17.1. The summed E-state index contributed by atoms with van der Waals surface area (Å²) in [4.78, 5) is 31.8. The van der Waals surface area contributed by atoms with E-state index in [9.17, 15) is 9.59 Å². The highest BCUT2D eigenvalue weighted by Gasteiger charge is 2.32. The van der Waals surface area contributed by atoms with Crippen molar-refractivity contribution < 1.29 is 9.53 Å². The number of para-hydroxylation sites is 1. The second-order valence-corrected chi connectivity index (χ2v) is 6.14. The number of terminal acetylenes is 1. The quantitative estimate of drug-likeness (QED) is 0.505. The Kier molecular flexibility index (Phi) is 4.58. The second kappa shape index (κ2) is 6.81. The van der Waals surface area contributed by atoms with Crippen LogP contribution in [0, 0.1) is 12.3 Å². The molecule has 1 aliphatic rings. The number of nitrogens with zero attached hydrogens (tertiary/aromatic N) is 1. The van der Waals surface area contributed by atoms with E-state index in [0.717, 1.165) is 5.56 Å². The molecular weight excluding hydrogens is 326 g/mol. The number of aromatic nitrogens is 2. The number of hydrogen-bond donors (Lipinski definition) is 2. The van der Waals surface area contributed by atoms with E-state index in [4.69, 9.17) is 11.2 Å². The highest BCUT2D eigenvalue weighted by atomic mass is 32.2. The topological polar surface area (TPSA) is 84.1 Å². The van der Waals surface area contributed by atoms with Crippen LogP contribution in [-0.2, 0) is 4.79 Å². The SMILES string of the molecule is C#CCSc1nc2c(c(=O)[nH]1)[C@H](c1ccccc1OC)CC(=O)N2. The molecule has 2 N–H and O–H groups in total. The van der Waals surface area contributed by atoms with Crippen LogP contribution in [0.2, 0.25) is 0 Å². The molecule has 0 fully saturated rings. The van der Waals surface area contributed by atoms with Crippen molar-refractivity contribution >= 4 is 23.5 Å². The van der Waals surface area contributed by atoms with Crippen molar-refractivity contribution in [3.05, 3.63) is 45.7 Å². The van der Waals surface area contributed by atoms with E-state index in [0.29, 0.717) is 22.2 Å². The van der Waals surface area contributed by atoms with Crippen molar-refractivity contribution in [2.45, 2.75) is 17.5 Å². The van der Waals surface area contributed by atoms with Gasteiger partial charge >= 0.3 is 0 Å². The molecule has 1 aromatic carbocycles. The van der Waals surface area contributed by atoms with Gasteiger partial charge < -0.3 is 15.0 Å². The summed E-state index contributed by atoms with van der Waals surface area (Å²) in [6.45, 7) is 0. The number of thioether (sulfide) groups is 1. The van der Waals surface area contributed by atoms with Crippen LogP contribution in [0.25, 0.3) is 0 Å². The summed E-state index contributed by atoms with van der Waals surface area (Å²) in [6, 6.07) is 7.35. The van der Waals surface area contributed by atoms with Crippen molar-refractivity contribution in [1.82, 2.24) is 9.97 Å². The van der Waals surface area contributed by atoms with E-state index in [-0.39, 0.29) is 23.7 Å². The molecule has 1 aliphatic heterocycles. The summed E-state index contributed by atoms with van der Waals surface area (Å²) in [6.07, 6.45) is 5.39. The molecule has 0 saturated carbocycles. The molecule has 24 heavy (non-hydrogen) atoms. The fourth-order valence-electron chi connectivity index (χ4n) is 2.75. The number of nitrogens with one attached hydrogen (secondary N) is 2. The summed E-state index contributed by atoms with van der Waals surface area (Å²) < 4.78 is 5.37. The van der Waals surface area contributed by atoms with Gasteiger partial charge in [0, 0.05) is 17.9 Å². The molecule has 2 heterocycles. The third-order valence-electron chi connectivity index (χ3n) is 3.74. The van der Waals surface area contributed by atoms with E-state index in [1.54, 1.807) is 13.2 Å². The molecule has 7 heteroatoms. The Labute approximate surface area is 143 Å². The molecule has 0 spiro atoms. The Morgan fingerprint density at radius 2 is 2.21 bits per heavy atom. The van der Waals surface area contributed by atoms with Gasteiger partial charge in [0.2, 0.25) is 5.91 Å². The number of ether oxygens (including phenoxy) is 1. The van der Waals surface area contributed by atoms with Crippen molar-refractivity contribution in [1.29, 1.82) is 0 Å². The van der Waals surface area contributed by atoms with Gasteiger partial charge in [0.25, 0.3) is 5.56 Å². The Hall–Kier alpha value is -2.72. The first-order valence-corrected chi connectivity index (χ1v) is 8.25. The third kappa shape index (κ3) is 3.01. The van der Waals surface area contributed by atoms with Gasteiger partial charge in [0.15, 0.2) is 5.16 Å². The lowest BCUT2D eigenvalue weighted by molar-refractivity contribution is -0.116. The summed E-state index contributed by atoms with van der Waals surface area (Å²) >= 11 is 1.23. The number of amides is 1. The van der Waals surface area contributed by atoms with E-state index in [1.807, 2.05) is 18.2 Å². The molecule has 2 aromatic rings. The standard InChI is InChI=1S/C17H15N3O3S/c1-3-8-24-17-19-15-14(16(22)20-17)11(9-13(21)18-15)10-6-4-5-7-12(10)23-2/h1,4-7,11H,8-9H2,2H3,(H2,18,19,20,21,22)/t11-/m0/s1. The lowest BCUT2D eigenvalue weighted by Gasteiger charge is -2.25. The van der Waals surface area contributed by atoms with Crippen LogP contribution in [0.4, 0.5) is 5.82 Å². The third-order valence-corrected chi connectivity index (χ3v) is 4.51. The second-order valence-electron chi connectivity index (χ2n) is 5.17. The maximum Gasteiger partial charge on any atom is 0.257 e. The fraction of sp³-hybridized carbons (Fsp3) is 0.235. The molecule has 3 rings (SSSR count). The molecule has 122 valence electrons. The van der Waals surface area contributed by atoms with Crippen LogP contribution in [0.5, 0.6) is 5.75 Å². The Morgan fingerprint density at radius 1 is 1.42 bits per heavy atom. The van der Waals surface area contributed by atoms with Gasteiger partial charge in [-0.25, -0.2) is 4.98 Å². The van der Waals surface area contributed by atoms with Gasteiger partial charge in [0.05, 0.1) is 18.4 Å². The monoisotopic (exact) mass is 341 g/mol. The zero-order valence-corrected chi connectivity index (χ0v) is 13.8. The maximum absolute atomic E-state index is 12.6. The molecular formula is C17H15N3O3S. The van der Waals surface area contributed by atoms with Gasteiger partial charge in [0.1, 0.15) is 11.6 Å². The lowest BCUT2D eigenvalue weighted by Crippen LogP contribution is -2.31. The number of aromatic amines is 1. The summed E-state index contributed by atoms with van der Waals surface area (Å²) in [5.74, 6) is 3.17. The Morgan fingerprint density at radius 3 is 2.96 bits per heavy atom. The highest BCUT2D eigenvalue weighted by Crippen LogP contribution is 2.38. The molecule has 6 nitrogen and oxygen atoms in total. The predicted molar refractivity (Wildman–Crippen MR) is 92.5 cm³/mol. The van der Waals surface area contributed by atoms with Crippen molar-refractivity contribution in [3.63, 3.8) is 0 Å². The number of hydrogen-bond acceptors (Lipinski definition) is 5. The predicted octanol–water partition coefficient (Wildman–Crippen LogP) is 1.98. The maximum atomic E-state index is 12.6. The number of H-pyrrole nitrogens is 1. The number of fused-ring (bicyclic) bond motifs is 1. The molecule has 0 unspecified atom stereocenters. The number of carbonyl (C=O) groups is 1. The molecule has 1 atom stereocenters. The first-order chi connectivity index (χ1) is 11.6. The smallest absolute Gasteiger partial charge is 0.257 e. The molecule has 0 bridgehead atoms. The van der Waals surface area contributed by atoms with Gasteiger partial charge in [-0.15, -0.1) is 6.42 Å². The largest absolute Gasteiger partial charge is 0.496 e. The number of rotatable bonds is 4. The van der Waals surface area contributed by atoms with E-state index in [1.165, 1.54) is 11.8 Å². The van der Waals surface area contributed by atoms with Crippen molar-refractivity contribution in [3.8, 4) is 18.1 Å². The van der Waals surface area contributed by atoms with Gasteiger partial charge in [-0.1, -0.05) is 35.9 Å². The molecule has 0 saturated heterocycles. The van der Waals surface area contributed by atoms with Crippen LogP contribution in [0.15, 0.2) is 34.2 Å². The molecule has 0 aliphatic carbocycles. The van der Waals surface area contributed by atoms with Crippen LogP contribution in [0.1, 0.15) is 23.5 Å². The Bertz CT molecular complexity index is 885. The highest BCUT2D eigenvalue weighted by molar-refractivity contribution is 7.99. The average molecular weight is 341 g/mol. The van der Waals surface area contributed by atoms with Crippen LogP contribution >= 0.6 is 11.8 Å². The van der Waals surface area contributed by atoms with Gasteiger partial charge in [-0.3, -0.25) is 9.59 Å². The van der Waals surface area contributed by atoms with Gasteiger partial charge in [-0.05, 0) is 6.07 Å². The van der Waals surface area contributed by atoms with Crippen molar-refractivity contribution in [2.75, 3.05) is 18.2 Å². The molecule has 1 amide bonds. The summed E-state index contributed by atoms with van der Waals surface area (Å²) in [5, 5.41) is 3.07. The minimum atomic E-state index is -0.409.